The molecule has 0 unspecified atom stereocenters. The zero-order valence-electron chi connectivity index (χ0n) is 12.3. The maximum absolute atomic E-state index is 11.0. The Bertz CT molecular complexity index is 662. The Kier molecular flexibility index (Phi) is 4.48. The molecule has 0 fully saturated rings. The molecule has 2 rings (SSSR count). The van der Waals surface area contributed by atoms with Crippen molar-refractivity contribution in [3.63, 3.8) is 0 Å². The van der Waals surface area contributed by atoms with E-state index in [0.717, 1.165) is 22.4 Å². The molecule has 1 N–H and O–H groups in total. The quantitative estimate of drug-likeness (QED) is 0.912. The molecule has 0 spiro atoms. The SMILES string of the molecule is COc1ccc(C)cc1COc1cc(C(=O)O)ccc1C. The van der Waals surface area contributed by atoms with Crippen molar-refractivity contribution in [2.45, 2.75) is 20.5 Å². The Labute approximate surface area is 123 Å². The lowest BCUT2D eigenvalue weighted by atomic mass is 10.1. The maximum atomic E-state index is 11.0. The molecule has 0 saturated heterocycles. The van der Waals surface area contributed by atoms with E-state index in [1.807, 2.05) is 32.0 Å². The van der Waals surface area contributed by atoms with Gasteiger partial charge >= 0.3 is 5.97 Å². The van der Waals surface area contributed by atoms with Gasteiger partial charge in [0.2, 0.25) is 0 Å². The second kappa shape index (κ2) is 6.31. The van der Waals surface area contributed by atoms with Crippen LogP contribution < -0.4 is 9.47 Å². The van der Waals surface area contributed by atoms with Gasteiger partial charge in [-0.05, 0) is 43.7 Å². The highest BCUT2D eigenvalue weighted by Crippen LogP contribution is 2.24. The predicted molar refractivity (Wildman–Crippen MR) is 80.2 cm³/mol. The lowest BCUT2D eigenvalue weighted by Gasteiger charge is -2.13. The molecule has 0 radical (unpaired) electrons. The van der Waals surface area contributed by atoms with E-state index in [9.17, 15) is 4.79 Å². The number of methoxy groups -OCH3 is 1. The van der Waals surface area contributed by atoms with Crippen molar-refractivity contribution in [2.24, 2.45) is 0 Å². The lowest BCUT2D eigenvalue weighted by molar-refractivity contribution is 0.0696. The van der Waals surface area contributed by atoms with Crippen LogP contribution in [0.25, 0.3) is 0 Å². The number of benzene rings is 2. The monoisotopic (exact) mass is 286 g/mol. The highest BCUT2D eigenvalue weighted by atomic mass is 16.5. The van der Waals surface area contributed by atoms with Crippen LogP contribution in [0.3, 0.4) is 0 Å². The second-order valence-electron chi connectivity index (χ2n) is 4.89. The average Bonchev–Trinajstić information content (AvgIpc) is 2.46. The van der Waals surface area contributed by atoms with Crippen LogP contribution in [0.5, 0.6) is 11.5 Å². The van der Waals surface area contributed by atoms with Crippen molar-refractivity contribution in [2.75, 3.05) is 7.11 Å². The van der Waals surface area contributed by atoms with Gasteiger partial charge in [-0.1, -0.05) is 17.7 Å². The van der Waals surface area contributed by atoms with Crippen molar-refractivity contribution in [3.05, 3.63) is 58.7 Å². The maximum Gasteiger partial charge on any atom is 0.335 e. The van der Waals surface area contributed by atoms with Crippen molar-refractivity contribution in [3.8, 4) is 11.5 Å². The summed E-state index contributed by atoms with van der Waals surface area (Å²) in [6.45, 7) is 4.21. The first-order valence-corrected chi connectivity index (χ1v) is 6.61. The molecular weight excluding hydrogens is 268 g/mol. The van der Waals surface area contributed by atoms with Gasteiger partial charge in [-0.2, -0.15) is 0 Å². The van der Waals surface area contributed by atoms with E-state index in [4.69, 9.17) is 14.6 Å². The van der Waals surface area contributed by atoms with E-state index < -0.39 is 5.97 Å². The summed E-state index contributed by atoms with van der Waals surface area (Å²) in [4.78, 5) is 11.0. The zero-order valence-corrected chi connectivity index (χ0v) is 12.3. The van der Waals surface area contributed by atoms with Crippen molar-refractivity contribution in [1.82, 2.24) is 0 Å². The van der Waals surface area contributed by atoms with E-state index in [1.54, 1.807) is 25.3 Å². The first-order valence-electron chi connectivity index (χ1n) is 6.61. The van der Waals surface area contributed by atoms with E-state index in [0.29, 0.717) is 12.4 Å². The molecule has 4 nitrogen and oxygen atoms in total. The number of rotatable bonds is 5. The van der Waals surface area contributed by atoms with Gasteiger partial charge < -0.3 is 14.6 Å². The Morgan fingerprint density at radius 3 is 2.52 bits per heavy atom. The number of aryl methyl sites for hydroxylation is 2. The van der Waals surface area contributed by atoms with Gasteiger partial charge in [-0.3, -0.25) is 0 Å². The summed E-state index contributed by atoms with van der Waals surface area (Å²) < 4.78 is 11.1. The molecule has 0 saturated carbocycles. The Morgan fingerprint density at radius 1 is 1.10 bits per heavy atom. The molecule has 21 heavy (non-hydrogen) atoms. The molecule has 0 heterocycles. The third-order valence-corrected chi connectivity index (χ3v) is 3.25. The third kappa shape index (κ3) is 3.54. The number of carboxylic acid groups (broad SMARTS) is 1. The van der Waals surface area contributed by atoms with Crippen LogP contribution >= 0.6 is 0 Å². The molecule has 110 valence electrons. The highest BCUT2D eigenvalue weighted by molar-refractivity contribution is 5.88. The smallest absolute Gasteiger partial charge is 0.335 e. The molecule has 0 aliphatic heterocycles. The van der Waals surface area contributed by atoms with Gasteiger partial charge in [0, 0.05) is 5.56 Å². The van der Waals surface area contributed by atoms with Gasteiger partial charge in [-0.15, -0.1) is 0 Å². The Balaban J connectivity index is 2.22. The van der Waals surface area contributed by atoms with Gasteiger partial charge in [0.25, 0.3) is 0 Å². The third-order valence-electron chi connectivity index (χ3n) is 3.25. The molecular formula is C17H18O4. The minimum Gasteiger partial charge on any atom is -0.496 e. The van der Waals surface area contributed by atoms with Crippen LogP contribution in [-0.4, -0.2) is 18.2 Å². The Morgan fingerprint density at radius 2 is 1.86 bits per heavy atom. The van der Waals surface area contributed by atoms with Crippen LogP contribution in [0.15, 0.2) is 36.4 Å². The van der Waals surface area contributed by atoms with Gasteiger partial charge in [0.15, 0.2) is 0 Å². The van der Waals surface area contributed by atoms with Crippen molar-refractivity contribution >= 4 is 5.97 Å². The van der Waals surface area contributed by atoms with E-state index in [1.165, 1.54) is 0 Å². The van der Waals surface area contributed by atoms with Crippen LogP contribution in [0.4, 0.5) is 0 Å². The van der Waals surface area contributed by atoms with Gasteiger partial charge in [-0.25, -0.2) is 4.79 Å². The minimum absolute atomic E-state index is 0.215. The fourth-order valence-electron chi connectivity index (χ4n) is 2.06. The van der Waals surface area contributed by atoms with Crippen LogP contribution in [0.1, 0.15) is 27.0 Å². The molecule has 0 aliphatic rings. The highest BCUT2D eigenvalue weighted by Gasteiger charge is 2.09. The second-order valence-corrected chi connectivity index (χ2v) is 4.89. The summed E-state index contributed by atoms with van der Waals surface area (Å²) in [7, 11) is 1.62. The number of carbonyl (C=O) groups is 1. The van der Waals surface area contributed by atoms with Crippen LogP contribution in [0.2, 0.25) is 0 Å². The molecule has 0 amide bonds. The summed E-state index contributed by atoms with van der Waals surface area (Å²) in [5, 5.41) is 9.03. The normalized spacial score (nSPS) is 10.2. The molecule has 2 aromatic carbocycles. The molecule has 0 bridgehead atoms. The molecule has 0 atom stereocenters. The van der Waals surface area contributed by atoms with Crippen LogP contribution in [0, 0.1) is 13.8 Å². The largest absolute Gasteiger partial charge is 0.496 e. The summed E-state index contributed by atoms with van der Waals surface area (Å²) in [5.74, 6) is 0.360. The number of hydrogen-bond acceptors (Lipinski definition) is 3. The average molecular weight is 286 g/mol. The Hall–Kier alpha value is -2.49. The minimum atomic E-state index is -0.965. The standard InChI is InChI=1S/C17H18O4/c1-11-4-7-15(20-3)14(8-11)10-21-16-9-13(17(18)19)6-5-12(16)2/h4-9H,10H2,1-3H3,(H,18,19). The first-order chi connectivity index (χ1) is 10.0. The van der Waals surface area contributed by atoms with Crippen LogP contribution in [-0.2, 0) is 6.61 Å². The van der Waals surface area contributed by atoms with E-state index >= 15 is 0 Å². The zero-order chi connectivity index (χ0) is 15.4. The van der Waals surface area contributed by atoms with Crippen molar-refractivity contribution in [1.29, 1.82) is 0 Å². The van der Waals surface area contributed by atoms with Gasteiger partial charge in [0.05, 0.1) is 12.7 Å². The van der Waals surface area contributed by atoms with Crippen molar-refractivity contribution < 1.29 is 19.4 Å². The fraction of sp³-hybridized carbons (Fsp3) is 0.235. The molecule has 4 heteroatoms. The predicted octanol–water partition coefficient (Wildman–Crippen LogP) is 3.59. The first kappa shape index (κ1) is 14.9. The molecule has 0 aromatic heterocycles. The van der Waals surface area contributed by atoms with E-state index in [2.05, 4.69) is 0 Å². The summed E-state index contributed by atoms with van der Waals surface area (Å²) in [6.07, 6.45) is 0. The summed E-state index contributed by atoms with van der Waals surface area (Å²) in [5.41, 5.74) is 3.15. The molecule has 2 aromatic rings. The van der Waals surface area contributed by atoms with Gasteiger partial charge in [0.1, 0.15) is 18.1 Å². The molecule has 0 aliphatic carbocycles. The topological polar surface area (TPSA) is 55.8 Å². The summed E-state index contributed by atoms with van der Waals surface area (Å²) in [6, 6.07) is 10.7. The number of hydrogen-bond donors (Lipinski definition) is 1. The number of carboxylic acids is 1. The number of aromatic carboxylic acids is 1. The fourth-order valence-corrected chi connectivity index (χ4v) is 2.06. The summed E-state index contributed by atoms with van der Waals surface area (Å²) >= 11 is 0. The lowest BCUT2D eigenvalue weighted by Crippen LogP contribution is -2.02. The van der Waals surface area contributed by atoms with E-state index in [-0.39, 0.29) is 5.56 Å². The number of ether oxygens (including phenoxy) is 2.